The summed E-state index contributed by atoms with van der Waals surface area (Å²) in [5.41, 5.74) is 0.732. The predicted molar refractivity (Wildman–Crippen MR) is 65.1 cm³/mol. The summed E-state index contributed by atoms with van der Waals surface area (Å²) in [6.45, 7) is 1.98. The molecule has 0 amide bonds. The van der Waals surface area contributed by atoms with Crippen LogP contribution >= 0.6 is 15.9 Å². The van der Waals surface area contributed by atoms with Gasteiger partial charge in [0.2, 0.25) is 12.5 Å². The van der Waals surface area contributed by atoms with Crippen molar-refractivity contribution in [1.82, 2.24) is 5.32 Å². The Morgan fingerprint density at radius 1 is 1.29 bits per heavy atom. The van der Waals surface area contributed by atoms with Crippen LogP contribution in [0.5, 0.6) is 11.5 Å². The van der Waals surface area contributed by atoms with Gasteiger partial charge in [-0.3, -0.25) is 0 Å². The summed E-state index contributed by atoms with van der Waals surface area (Å²) < 4.78 is 25.5. The fourth-order valence-corrected chi connectivity index (χ4v) is 3.18. The lowest BCUT2D eigenvalue weighted by Gasteiger charge is -2.24. The third-order valence-electron chi connectivity index (χ3n) is 3.34. The molecule has 0 aromatic heterocycles. The average Bonchev–Trinajstić information content (AvgIpc) is 2.78. The van der Waals surface area contributed by atoms with Gasteiger partial charge in [0.05, 0.1) is 0 Å². The first-order valence-corrected chi connectivity index (χ1v) is 6.55. The predicted octanol–water partition coefficient (Wildman–Crippen LogP) is 2.78. The molecule has 2 aliphatic heterocycles. The Hall–Kier alpha value is -0.810. The van der Waals surface area contributed by atoms with Gasteiger partial charge in [-0.1, -0.05) is 15.9 Å². The zero-order valence-electron chi connectivity index (χ0n) is 9.26. The number of hydrogen-bond donors (Lipinski definition) is 1. The monoisotopic (exact) mass is 301 g/mol. The van der Waals surface area contributed by atoms with E-state index in [1.807, 2.05) is 6.07 Å². The molecule has 0 saturated carbocycles. The van der Waals surface area contributed by atoms with Gasteiger partial charge in [0.1, 0.15) is 0 Å². The number of fused-ring (bicyclic) bond motifs is 1. The molecule has 0 aliphatic carbocycles. The van der Waals surface area contributed by atoms with E-state index in [0.717, 1.165) is 36.0 Å². The minimum atomic E-state index is -0.265. The summed E-state index contributed by atoms with van der Waals surface area (Å²) in [5.74, 6) is 0.743. The highest BCUT2D eigenvalue weighted by molar-refractivity contribution is 9.10. The van der Waals surface area contributed by atoms with Gasteiger partial charge < -0.3 is 14.8 Å². The van der Waals surface area contributed by atoms with Crippen LogP contribution in [0.25, 0.3) is 0 Å². The molecule has 92 valence electrons. The molecule has 0 bridgehead atoms. The number of ether oxygens (including phenoxy) is 2. The van der Waals surface area contributed by atoms with Crippen molar-refractivity contribution >= 4 is 15.9 Å². The molecule has 3 nitrogen and oxygen atoms in total. The molecule has 17 heavy (non-hydrogen) atoms. The molecule has 1 aromatic carbocycles. The third-order valence-corrected chi connectivity index (χ3v) is 4.00. The fourth-order valence-electron chi connectivity index (χ4n) is 2.47. The van der Waals surface area contributed by atoms with E-state index in [-0.39, 0.29) is 24.3 Å². The summed E-state index contributed by atoms with van der Waals surface area (Å²) >= 11 is 3.44. The van der Waals surface area contributed by atoms with Crippen LogP contribution in [0, 0.1) is 5.82 Å². The van der Waals surface area contributed by atoms with Crippen LogP contribution in [0.3, 0.4) is 0 Å². The minimum Gasteiger partial charge on any atom is -0.453 e. The van der Waals surface area contributed by atoms with Gasteiger partial charge in [-0.2, -0.15) is 0 Å². The maximum atomic E-state index is 14.4. The van der Waals surface area contributed by atoms with Crippen molar-refractivity contribution in [2.24, 2.45) is 0 Å². The Balaban J connectivity index is 2.03. The molecular weight excluding hydrogens is 289 g/mol. The van der Waals surface area contributed by atoms with E-state index < -0.39 is 0 Å². The van der Waals surface area contributed by atoms with Crippen LogP contribution in [-0.2, 0) is 0 Å². The number of halogens is 2. The number of hydrogen-bond acceptors (Lipinski definition) is 3. The molecule has 0 atom stereocenters. The van der Waals surface area contributed by atoms with E-state index in [1.54, 1.807) is 0 Å². The molecular formula is C12H13BrFNO2. The summed E-state index contributed by atoms with van der Waals surface area (Å²) in [4.78, 5) is 0. The quantitative estimate of drug-likeness (QED) is 0.865. The molecule has 1 saturated heterocycles. The number of benzene rings is 1. The Bertz CT molecular complexity index is 447. The first-order valence-electron chi connectivity index (χ1n) is 5.75. The SMILES string of the molecule is Fc1c2c(cc(Br)c1C1CCNCC1)OCO2. The number of rotatable bonds is 1. The van der Waals surface area contributed by atoms with E-state index in [0.29, 0.717) is 5.75 Å². The van der Waals surface area contributed by atoms with Crippen molar-refractivity contribution in [1.29, 1.82) is 0 Å². The lowest BCUT2D eigenvalue weighted by Crippen LogP contribution is -2.27. The molecule has 2 heterocycles. The summed E-state index contributed by atoms with van der Waals surface area (Å²) in [6, 6.07) is 1.81. The van der Waals surface area contributed by atoms with E-state index >= 15 is 0 Å². The molecule has 1 aromatic rings. The van der Waals surface area contributed by atoms with Gasteiger partial charge >= 0.3 is 0 Å². The van der Waals surface area contributed by atoms with E-state index in [9.17, 15) is 4.39 Å². The van der Waals surface area contributed by atoms with Crippen LogP contribution in [0.4, 0.5) is 4.39 Å². The summed E-state index contributed by atoms with van der Waals surface area (Å²) in [5, 5.41) is 3.28. The van der Waals surface area contributed by atoms with Crippen molar-refractivity contribution in [2.75, 3.05) is 19.9 Å². The Kier molecular flexibility index (Phi) is 2.96. The summed E-state index contributed by atoms with van der Waals surface area (Å²) in [7, 11) is 0. The van der Waals surface area contributed by atoms with Gasteiger partial charge in [0.15, 0.2) is 11.6 Å². The van der Waals surface area contributed by atoms with Crippen LogP contribution in [-0.4, -0.2) is 19.9 Å². The average molecular weight is 302 g/mol. The molecule has 0 radical (unpaired) electrons. The highest BCUT2D eigenvalue weighted by Crippen LogP contribution is 2.44. The van der Waals surface area contributed by atoms with Crippen molar-refractivity contribution < 1.29 is 13.9 Å². The Morgan fingerprint density at radius 3 is 2.82 bits per heavy atom. The maximum Gasteiger partial charge on any atom is 0.231 e. The van der Waals surface area contributed by atoms with Crippen LogP contribution in [0.2, 0.25) is 0 Å². The smallest absolute Gasteiger partial charge is 0.231 e. The normalized spacial score (nSPS) is 19.6. The van der Waals surface area contributed by atoms with Crippen molar-refractivity contribution in [2.45, 2.75) is 18.8 Å². The van der Waals surface area contributed by atoms with Gasteiger partial charge in [0, 0.05) is 10.0 Å². The molecule has 1 N–H and O–H groups in total. The molecule has 3 rings (SSSR count). The van der Waals surface area contributed by atoms with Crippen molar-refractivity contribution in [3.63, 3.8) is 0 Å². The second kappa shape index (κ2) is 4.46. The molecule has 1 fully saturated rings. The second-order valence-corrected chi connectivity index (χ2v) is 5.20. The summed E-state index contributed by atoms with van der Waals surface area (Å²) in [6.07, 6.45) is 1.91. The van der Waals surface area contributed by atoms with Gasteiger partial charge in [-0.05, 0) is 37.9 Å². The zero-order chi connectivity index (χ0) is 11.8. The topological polar surface area (TPSA) is 30.5 Å². The van der Waals surface area contributed by atoms with E-state index in [1.165, 1.54) is 0 Å². The minimum absolute atomic E-state index is 0.106. The zero-order valence-corrected chi connectivity index (χ0v) is 10.8. The van der Waals surface area contributed by atoms with Crippen molar-refractivity contribution in [3.05, 3.63) is 21.9 Å². The highest BCUT2D eigenvalue weighted by atomic mass is 79.9. The Labute approximate surface area is 107 Å². The highest BCUT2D eigenvalue weighted by Gasteiger charge is 2.28. The number of nitrogens with one attached hydrogen (secondary N) is 1. The first kappa shape index (κ1) is 11.3. The first-order chi connectivity index (χ1) is 8.27. The van der Waals surface area contributed by atoms with Crippen LogP contribution in [0.1, 0.15) is 24.3 Å². The molecule has 5 heteroatoms. The van der Waals surface area contributed by atoms with E-state index in [4.69, 9.17) is 9.47 Å². The van der Waals surface area contributed by atoms with E-state index in [2.05, 4.69) is 21.2 Å². The van der Waals surface area contributed by atoms with Crippen LogP contribution < -0.4 is 14.8 Å². The standard InChI is InChI=1S/C12H13BrFNO2/c13-8-5-9-12(17-6-16-9)11(14)10(8)7-1-3-15-4-2-7/h5,7,15H,1-4,6H2. The van der Waals surface area contributed by atoms with Gasteiger partial charge in [-0.15, -0.1) is 0 Å². The molecule has 0 unspecified atom stereocenters. The Morgan fingerprint density at radius 2 is 2.06 bits per heavy atom. The largest absolute Gasteiger partial charge is 0.453 e. The second-order valence-electron chi connectivity index (χ2n) is 4.34. The maximum absolute atomic E-state index is 14.4. The van der Waals surface area contributed by atoms with Crippen LogP contribution in [0.15, 0.2) is 10.5 Å². The molecule has 2 aliphatic rings. The van der Waals surface area contributed by atoms with Crippen molar-refractivity contribution in [3.8, 4) is 11.5 Å². The fraction of sp³-hybridized carbons (Fsp3) is 0.500. The lowest BCUT2D eigenvalue weighted by molar-refractivity contribution is 0.170. The van der Waals surface area contributed by atoms with Gasteiger partial charge in [0.25, 0.3) is 0 Å². The third kappa shape index (κ3) is 1.91. The van der Waals surface area contributed by atoms with Gasteiger partial charge in [-0.25, -0.2) is 4.39 Å². The molecule has 0 spiro atoms. The lowest BCUT2D eigenvalue weighted by atomic mass is 9.89. The number of piperidine rings is 1.